The van der Waals surface area contributed by atoms with Gasteiger partial charge in [-0.3, -0.25) is 4.72 Å². The molecule has 0 radical (unpaired) electrons. The number of hydrogen-bond donors (Lipinski definition) is 4. The first-order valence-corrected chi connectivity index (χ1v) is 10.3. The maximum atomic E-state index is 11.4. The Balaban J connectivity index is 1.84. The first-order valence-electron chi connectivity index (χ1n) is 7.94. The SMILES string of the molecule is COc1ccc(Nc2ncc(Br)c(Nc3ccccc3NS(N)(=O)=O)n2)cc1. The minimum atomic E-state index is -3.91. The smallest absolute Gasteiger partial charge is 0.296 e. The second-order valence-corrected chi connectivity index (χ2v) is 7.71. The summed E-state index contributed by atoms with van der Waals surface area (Å²) >= 11 is 3.38. The number of nitrogens with zero attached hydrogens (tertiary/aromatic N) is 2. The van der Waals surface area contributed by atoms with Crippen molar-refractivity contribution in [2.75, 3.05) is 22.5 Å². The van der Waals surface area contributed by atoms with E-state index in [1.165, 1.54) is 0 Å². The molecular weight excluding hydrogens is 448 g/mol. The molecule has 3 aromatic rings. The first kappa shape index (κ1) is 19.9. The molecule has 0 fully saturated rings. The van der Waals surface area contributed by atoms with Gasteiger partial charge in [-0.15, -0.1) is 0 Å². The summed E-state index contributed by atoms with van der Waals surface area (Å²) in [4.78, 5) is 8.65. The Morgan fingerprint density at radius 2 is 1.71 bits per heavy atom. The zero-order valence-electron chi connectivity index (χ0n) is 14.7. The molecule has 0 spiro atoms. The van der Waals surface area contributed by atoms with Gasteiger partial charge < -0.3 is 15.4 Å². The third-order valence-corrected chi connectivity index (χ3v) is 4.61. The number of methoxy groups -OCH3 is 1. The summed E-state index contributed by atoms with van der Waals surface area (Å²) in [5.41, 5.74) is 1.55. The molecular formula is C17H17BrN6O3S. The van der Waals surface area contributed by atoms with Gasteiger partial charge in [0.25, 0.3) is 10.2 Å². The van der Waals surface area contributed by atoms with Gasteiger partial charge in [0.05, 0.1) is 23.0 Å². The summed E-state index contributed by atoms with van der Waals surface area (Å²) in [5, 5.41) is 11.2. The third-order valence-electron chi connectivity index (χ3n) is 3.52. The number of nitrogens with one attached hydrogen (secondary N) is 3. The standard InChI is InChI=1S/C17H17BrN6O3S/c1-27-12-8-6-11(7-9-12)21-17-20-10-13(18)16(23-17)22-14-4-2-3-5-15(14)24-28(19,25)26/h2-10,24H,1H3,(H2,19,25,26)(H2,20,21,22,23). The van der Waals surface area contributed by atoms with Crippen molar-refractivity contribution < 1.29 is 13.2 Å². The molecule has 0 saturated carbocycles. The van der Waals surface area contributed by atoms with Gasteiger partial charge in [0.1, 0.15) is 11.6 Å². The Hall–Kier alpha value is -2.89. The largest absolute Gasteiger partial charge is 0.497 e. The highest BCUT2D eigenvalue weighted by molar-refractivity contribution is 9.10. The van der Waals surface area contributed by atoms with Gasteiger partial charge in [0, 0.05) is 11.9 Å². The fourth-order valence-electron chi connectivity index (χ4n) is 2.28. The molecule has 0 amide bonds. The second kappa shape index (κ2) is 8.42. The molecule has 1 heterocycles. The number of anilines is 5. The third kappa shape index (κ3) is 5.31. The van der Waals surface area contributed by atoms with Gasteiger partial charge in [-0.25, -0.2) is 10.1 Å². The average Bonchev–Trinajstić information content (AvgIpc) is 2.65. The zero-order valence-corrected chi connectivity index (χ0v) is 17.1. The summed E-state index contributed by atoms with van der Waals surface area (Å²) in [6.45, 7) is 0. The van der Waals surface area contributed by atoms with Crippen molar-refractivity contribution in [1.82, 2.24) is 9.97 Å². The molecule has 0 bridgehead atoms. The first-order chi connectivity index (χ1) is 13.3. The highest BCUT2D eigenvalue weighted by Crippen LogP contribution is 2.29. The van der Waals surface area contributed by atoms with Gasteiger partial charge in [0.2, 0.25) is 5.95 Å². The lowest BCUT2D eigenvalue weighted by molar-refractivity contribution is 0.415. The van der Waals surface area contributed by atoms with E-state index in [1.807, 2.05) is 24.3 Å². The van der Waals surface area contributed by atoms with Crippen LogP contribution in [-0.4, -0.2) is 25.5 Å². The van der Waals surface area contributed by atoms with Crippen molar-refractivity contribution in [2.24, 2.45) is 5.14 Å². The lowest BCUT2D eigenvalue weighted by Gasteiger charge is -2.14. The van der Waals surface area contributed by atoms with Crippen molar-refractivity contribution in [1.29, 1.82) is 0 Å². The van der Waals surface area contributed by atoms with Crippen LogP contribution >= 0.6 is 15.9 Å². The van der Waals surface area contributed by atoms with Crippen LogP contribution in [0.15, 0.2) is 59.2 Å². The van der Waals surface area contributed by atoms with Crippen molar-refractivity contribution in [3.63, 3.8) is 0 Å². The van der Waals surface area contributed by atoms with Gasteiger partial charge >= 0.3 is 0 Å². The minimum Gasteiger partial charge on any atom is -0.497 e. The fourth-order valence-corrected chi connectivity index (χ4v) is 3.06. The molecule has 0 aliphatic heterocycles. The monoisotopic (exact) mass is 464 g/mol. The summed E-state index contributed by atoms with van der Waals surface area (Å²) in [7, 11) is -2.32. The van der Waals surface area contributed by atoms with Crippen LogP contribution in [0.4, 0.5) is 28.8 Å². The van der Waals surface area contributed by atoms with E-state index >= 15 is 0 Å². The van der Waals surface area contributed by atoms with Crippen LogP contribution in [0.2, 0.25) is 0 Å². The molecule has 11 heteroatoms. The molecule has 0 atom stereocenters. The van der Waals surface area contributed by atoms with Crippen LogP contribution in [0.25, 0.3) is 0 Å². The topological polar surface area (TPSA) is 131 Å². The number of nitrogens with two attached hydrogens (primary N) is 1. The molecule has 3 rings (SSSR count). The Morgan fingerprint density at radius 3 is 2.36 bits per heavy atom. The Kier molecular flexibility index (Phi) is 5.97. The Labute approximate surface area is 170 Å². The van der Waals surface area contributed by atoms with Crippen molar-refractivity contribution in [3.05, 3.63) is 59.2 Å². The predicted molar refractivity (Wildman–Crippen MR) is 112 cm³/mol. The normalized spacial score (nSPS) is 11.0. The molecule has 0 aliphatic rings. The number of rotatable bonds is 7. The summed E-state index contributed by atoms with van der Waals surface area (Å²) < 4.78 is 30.7. The highest BCUT2D eigenvalue weighted by Gasteiger charge is 2.11. The quantitative estimate of drug-likeness (QED) is 0.421. The Morgan fingerprint density at radius 1 is 1.04 bits per heavy atom. The summed E-state index contributed by atoms with van der Waals surface area (Å²) in [5.74, 6) is 1.53. The van der Waals surface area contributed by atoms with E-state index in [-0.39, 0.29) is 0 Å². The maximum Gasteiger partial charge on any atom is 0.296 e. The van der Waals surface area contributed by atoms with E-state index in [9.17, 15) is 8.42 Å². The van der Waals surface area contributed by atoms with Crippen LogP contribution in [0.5, 0.6) is 5.75 Å². The fraction of sp³-hybridized carbons (Fsp3) is 0.0588. The van der Waals surface area contributed by atoms with Crippen LogP contribution in [0.3, 0.4) is 0 Å². The van der Waals surface area contributed by atoms with Crippen LogP contribution < -0.4 is 25.2 Å². The molecule has 146 valence electrons. The van der Waals surface area contributed by atoms with E-state index in [0.717, 1.165) is 11.4 Å². The van der Waals surface area contributed by atoms with E-state index in [4.69, 9.17) is 9.88 Å². The van der Waals surface area contributed by atoms with Crippen LogP contribution in [0.1, 0.15) is 0 Å². The molecule has 28 heavy (non-hydrogen) atoms. The molecule has 0 saturated heterocycles. The lowest BCUT2D eigenvalue weighted by atomic mass is 10.2. The molecule has 1 aromatic heterocycles. The number of hydrogen-bond acceptors (Lipinski definition) is 7. The van der Waals surface area contributed by atoms with Crippen molar-refractivity contribution in [3.8, 4) is 5.75 Å². The van der Waals surface area contributed by atoms with Crippen LogP contribution in [0, 0.1) is 0 Å². The Bertz CT molecular complexity index is 1080. The highest BCUT2D eigenvalue weighted by atomic mass is 79.9. The molecule has 2 aromatic carbocycles. The molecule has 5 N–H and O–H groups in total. The molecule has 0 aliphatic carbocycles. The van der Waals surface area contributed by atoms with Crippen molar-refractivity contribution in [2.45, 2.75) is 0 Å². The number of benzene rings is 2. The summed E-state index contributed by atoms with van der Waals surface area (Å²) in [6, 6.07) is 14.0. The van der Waals surface area contributed by atoms with E-state index in [1.54, 1.807) is 37.6 Å². The van der Waals surface area contributed by atoms with Gasteiger partial charge in [0.15, 0.2) is 0 Å². The average molecular weight is 465 g/mol. The van der Waals surface area contributed by atoms with E-state index in [2.05, 4.69) is 41.3 Å². The predicted octanol–water partition coefficient (Wildman–Crippen LogP) is 3.35. The molecule has 0 unspecified atom stereocenters. The lowest BCUT2D eigenvalue weighted by Crippen LogP contribution is -2.22. The van der Waals surface area contributed by atoms with E-state index < -0.39 is 10.2 Å². The van der Waals surface area contributed by atoms with Gasteiger partial charge in [-0.05, 0) is 52.3 Å². The van der Waals surface area contributed by atoms with Crippen molar-refractivity contribution >= 4 is 55.0 Å². The minimum absolute atomic E-state index is 0.292. The van der Waals surface area contributed by atoms with Gasteiger partial charge in [-0.1, -0.05) is 12.1 Å². The van der Waals surface area contributed by atoms with Gasteiger partial charge in [-0.2, -0.15) is 13.4 Å². The second-order valence-electron chi connectivity index (χ2n) is 5.56. The van der Waals surface area contributed by atoms with Crippen LogP contribution in [-0.2, 0) is 10.2 Å². The number of halogens is 1. The summed E-state index contributed by atoms with van der Waals surface area (Å²) in [6.07, 6.45) is 1.58. The number of para-hydroxylation sites is 2. The zero-order chi connectivity index (χ0) is 20.1. The number of aromatic nitrogens is 2. The maximum absolute atomic E-state index is 11.4. The number of ether oxygens (including phenoxy) is 1. The van der Waals surface area contributed by atoms with E-state index in [0.29, 0.717) is 27.6 Å². The molecule has 9 nitrogen and oxygen atoms in total.